The first-order valence-electron chi connectivity index (χ1n) is 9.67. The summed E-state index contributed by atoms with van der Waals surface area (Å²) in [6.45, 7) is 1.91. The van der Waals surface area contributed by atoms with Gasteiger partial charge in [-0.1, -0.05) is 23.8 Å². The molecule has 1 heterocycles. The summed E-state index contributed by atoms with van der Waals surface area (Å²) in [7, 11) is 3.14. The minimum absolute atomic E-state index is 0.0426. The predicted molar refractivity (Wildman–Crippen MR) is 116 cm³/mol. The van der Waals surface area contributed by atoms with Crippen LogP contribution in [-0.2, 0) is 22.6 Å². The Morgan fingerprint density at radius 3 is 2.45 bits per heavy atom. The number of nitrogens with one attached hydrogen (secondary N) is 1. The van der Waals surface area contributed by atoms with Crippen LogP contribution in [0.2, 0.25) is 0 Å². The number of carbonyl (C=O) groups excluding carboxylic acids is 1. The highest BCUT2D eigenvalue weighted by Crippen LogP contribution is 2.28. The first-order chi connectivity index (χ1) is 15.0. The average Bonchev–Trinajstić information content (AvgIpc) is 2.77. The normalized spacial score (nSPS) is 10.4. The number of nitrogens with zero attached hydrogens (tertiary/aromatic N) is 3. The van der Waals surface area contributed by atoms with Crippen LogP contribution in [0.4, 0.5) is 17.6 Å². The van der Waals surface area contributed by atoms with Crippen molar-refractivity contribution in [3.05, 3.63) is 59.4 Å². The van der Waals surface area contributed by atoms with Crippen LogP contribution in [0.5, 0.6) is 11.5 Å². The van der Waals surface area contributed by atoms with Crippen molar-refractivity contribution in [1.29, 1.82) is 0 Å². The van der Waals surface area contributed by atoms with E-state index in [4.69, 9.17) is 19.9 Å². The summed E-state index contributed by atoms with van der Waals surface area (Å²) in [4.78, 5) is 24.5. The van der Waals surface area contributed by atoms with Crippen molar-refractivity contribution in [2.45, 2.75) is 26.4 Å². The molecule has 162 valence electrons. The second kappa shape index (κ2) is 10.2. The van der Waals surface area contributed by atoms with E-state index in [1.165, 1.54) is 0 Å². The van der Waals surface area contributed by atoms with Gasteiger partial charge in [0, 0.05) is 12.1 Å². The lowest BCUT2D eigenvalue weighted by Gasteiger charge is -2.10. The average molecular weight is 423 g/mol. The van der Waals surface area contributed by atoms with Gasteiger partial charge in [0.15, 0.2) is 23.9 Å². The van der Waals surface area contributed by atoms with Crippen molar-refractivity contribution < 1.29 is 19.0 Å². The molecule has 0 aliphatic carbocycles. The molecule has 1 aromatic heterocycles. The van der Waals surface area contributed by atoms with Gasteiger partial charge in [-0.2, -0.15) is 15.0 Å². The van der Waals surface area contributed by atoms with Gasteiger partial charge in [0.2, 0.25) is 11.9 Å². The van der Waals surface area contributed by atoms with E-state index in [2.05, 4.69) is 20.3 Å². The number of ether oxygens (including phenoxy) is 3. The van der Waals surface area contributed by atoms with Gasteiger partial charge in [-0.25, -0.2) is 0 Å². The van der Waals surface area contributed by atoms with E-state index < -0.39 is 0 Å². The fourth-order valence-corrected chi connectivity index (χ4v) is 2.82. The molecule has 9 heteroatoms. The number of rotatable bonds is 9. The molecule has 0 radical (unpaired) electrons. The van der Waals surface area contributed by atoms with E-state index in [1.54, 1.807) is 20.3 Å². The highest BCUT2D eigenvalue weighted by molar-refractivity contribution is 5.69. The molecular weight excluding hydrogens is 398 g/mol. The second-order valence-corrected chi connectivity index (χ2v) is 6.77. The van der Waals surface area contributed by atoms with Crippen molar-refractivity contribution in [2.75, 3.05) is 25.3 Å². The van der Waals surface area contributed by atoms with Gasteiger partial charge in [0.25, 0.3) is 0 Å². The fraction of sp³-hybridized carbons (Fsp3) is 0.273. The van der Waals surface area contributed by atoms with Gasteiger partial charge in [0.05, 0.1) is 14.2 Å². The van der Waals surface area contributed by atoms with E-state index in [1.807, 2.05) is 43.3 Å². The molecule has 3 aromatic rings. The number of aromatic nitrogens is 3. The monoisotopic (exact) mass is 423 g/mol. The summed E-state index contributed by atoms with van der Waals surface area (Å²) >= 11 is 0. The number of hydrogen-bond acceptors (Lipinski definition) is 9. The third-order valence-electron chi connectivity index (χ3n) is 4.43. The number of hydrogen-bond donors (Lipinski definition) is 2. The smallest absolute Gasteiger partial charge is 0.306 e. The lowest BCUT2D eigenvalue weighted by molar-refractivity contribution is -0.145. The Balaban J connectivity index is 1.55. The van der Waals surface area contributed by atoms with E-state index in [9.17, 15) is 4.79 Å². The Morgan fingerprint density at radius 2 is 1.74 bits per heavy atom. The highest BCUT2D eigenvalue weighted by Gasteiger charge is 2.11. The zero-order valence-corrected chi connectivity index (χ0v) is 17.7. The third kappa shape index (κ3) is 6.30. The molecule has 0 fully saturated rings. The molecule has 0 unspecified atom stereocenters. The molecule has 31 heavy (non-hydrogen) atoms. The zero-order chi connectivity index (χ0) is 22.2. The van der Waals surface area contributed by atoms with Crippen LogP contribution in [0.3, 0.4) is 0 Å². The third-order valence-corrected chi connectivity index (χ3v) is 4.43. The van der Waals surface area contributed by atoms with Crippen LogP contribution in [0.25, 0.3) is 0 Å². The van der Waals surface area contributed by atoms with Crippen LogP contribution in [0, 0.1) is 6.92 Å². The molecule has 3 rings (SSSR count). The van der Waals surface area contributed by atoms with Crippen LogP contribution in [0.15, 0.2) is 42.5 Å². The number of esters is 1. The first-order valence-corrected chi connectivity index (χ1v) is 9.67. The fourth-order valence-electron chi connectivity index (χ4n) is 2.82. The largest absolute Gasteiger partial charge is 0.493 e. The lowest BCUT2D eigenvalue weighted by atomic mass is 10.1. The molecule has 0 aliphatic heterocycles. The molecule has 9 nitrogen and oxygen atoms in total. The minimum Gasteiger partial charge on any atom is -0.493 e. The van der Waals surface area contributed by atoms with Gasteiger partial charge in [0.1, 0.15) is 0 Å². The molecule has 3 N–H and O–H groups in total. The number of anilines is 3. The lowest BCUT2D eigenvalue weighted by Crippen LogP contribution is -2.11. The summed E-state index contributed by atoms with van der Waals surface area (Å²) < 4.78 is 15.8. The van der Waals surface area contributed by atoms with Crippen LogP contribution >= 0.6 is 0 Å². The SMILES string of the molecule is COc1ccc(CCC(=O)OCc2nc(N)nc(Nc3ccc(C)cc3)n2)cc1OC. The molecule has 0 aliphatic rings. The predicted octanol–water partition coefficient (Wildman–Crippen LogP) is 3.20. The molecule has 0 amide bonds. The minimum atomic E-state index is -0.373. The van der Waals surface area contributed by atoms with Crippen molar-refractivity contribution in [3.8, 4) is 11.5 Å². The summed E-state index contributed by atoms with van der Waals surface area (Å²) in [5.41, 5.74) is 8.65. The number of nitrogen functional groups attached to an aromatic ring is 1. The van der Waals surface area contributed by atoms with Gasteiger partial charge >= 0.3 is 5.97 Å². The maximum Gasteiger partial charge on any atom is 0.306 e. The topological polar surface area (TPSA) is 121 Å². The van der Waals surface area contributed by atoms with Crippen molar-refractivity contribution in [2.24, 2.45) is 0 Å². The Hall–Kier alpha value is -3.88. The summed E-state index contributed by atoms with van der Waals surface area (Å²) in [6, 6.07) is 13.3. The number of carbonyl (C=O) groups is 1. The van der Waals surface area contributed by atoms with E-state index in [-0.39, 0.29) is 36.7 Å². The van der Waals surface area contributed by atoms with Crippen molar-refractivity contribution >= 4 is 23.6 Å². The molecular formula is C22H25N5O4. The second-order valence-electron chi connectivity index (χ2n) is 6.77. The number of aryl methyl sites for hydroxylation is 2. The molecule has 0 atom stereocenters. The Bertz CT molecular complexity index is 1040. The Morgan fingerprint density at radius 1 is 1.00 bits per heavy atom. The Labute approximate surface area is 180 Å². The van der Waals surface area contributed by atoms with Gasteiger partial charge in [-0.15, -0.1) is 0 Å². The first kappa shape index (κ1) is 21.8. The van der Waals surface area contributed by atoms with Gasteiger partial charge in [-0.05, 0) is 43.2 Å². The van der Waals surface area contributed by atoms with Crippen LogP contribution < -0.4 is 20.5 Å². The van der Waals surface area contributed by atoms with Crippen molar-refractivity contribution in [3.63, 3.8) is 0 Å². The molecule has 0 bridgehead atoms. The molecule has 0 saturated heterocycles. The standard InChI is InChI=1S/C22H25N5O4/c1-14-4-8-16(9-5-14)24-22-26-19(25-21(23)27-22)13-31-20(28)11-7-15-6-10-17(29-2)18(12-15)30-3/h4-6,8-10,12H,7,11,13H2,1-3H3,(H3,23,24,25,26,27). The van der Waals surface area contributed by atoms with Crippen molar-refractivity contribution in [1.82, 2.24) is 15.0 Å². The zero-order valence-electron chi connectivity index (χ0n) is 17.7. The van der Waals surface area contributed by atoms with E-state index >= 15 is 0 Å². The van der Waals surface area contributed by atoms with Crippen LogP contribution in [-0.4, -0.2) is 35.1 Å². The van der Waals surface area contributed by atoms with E-state index in [0.29, 0.717) is 17.9 Å². The maximum atomic E-state index is 12.2. The van der Waals surface area contributed by atoms with Crippen LogP contribution in [0.1, 0.15) is 23.4 Å². The Kier molecular flexibility index (Phi) is 7.21. The number of nitrogens with two attached hydrogens (primary N) is 1. The summed E-state index contributed by atoms with van der Waals surface area (Å²) in [5.74, 6) is 1.47. The van der Waals surface area contributed by atoms with Gasteiger partial charge in [-0.3, -0.25) is 4.79 Å². The van der Waals surface area contributed by atoms with Gasteiger partial charge < -0.3 is 25.3 Å². The molecule has 2 aromatic carbocycles. The number of methoxy groups -OCH3 is 2. The number of benzene rings is 2. The highest BCUT2D eigenvalue weighted by atomic mass is 16.5. The quantitative estimate of drug-likeness (QED) is 0.500. The summed E-state index contributed by atoms with van der Waals surface area (Å²) in [5, 5.41) is 3.06. The molecule has 0 spiro atoms. The van der Waals surface area contributed by atoms with E-state index in [0.717, 1.165) is 16.8 Å². The summed E-state index contributed by atoms with van der Waals surface area (Å²) in [6.07, 6.45) is 0.698. The molecule has 0 saturated carbocycles. The maximum absolute atomic E-state index is 12.2.